The number of aryl methyl sites for hydroxylation is 1. The molecule has 3 aromatic rings. The van der Waals surface area contributed by atoms with Crippen molar-refractivity contribution in [1.82, 2.24) is 0 Å². The molecule has 17 heavy (non-hydrogen) atoms. The molecule has 84 valence electrons. The summed E-state index contributed by atoms with van der Waals surface area (Å²) in [4.78, 5) is 12.4. The minimum absolute atomic E-state index is 0.116. The molecule has 3 rings (SSSR count). The van der Waals surface area contributed by atoms with E-state index < -0.39 is 0 Å². The van der Waals surface area contributed by atoms with Gasteiger partial charge < -0.3 is 0 Å². The first-order valence-corrected chi connectivity index (χ1v) is 6.90. The van der Waals surface area contributed by atoms with E-state index in [0.29, 0.717) is 0 Å². The molecule has 0 unspecified atom stereocenters. The largest absolute Gasteiger partial charge is 0.288 e. The van der Waals surface area contributed by atoms with Gasteiger partial charge in [-0.25, -0.2) is 0 Å². The molecular formula is C14H9BrOS. The van der Waals surface area contributed by atoms with Gasteiger partial charge in [0.2, 0.25) is 0 Å². The van der Waals surface area contributed by atoms with Crippen molar-refractivity contribution >= 4 is 47.4 Å². The SMILES string of the molecule is Cc1ccc(Br)c2c(=O)c3ccccc3sc12. The second kappa shape index (κ2) is 3.93. The van der Waals surface area contributed by atoms with Gasteiger partial charge in [-0.05, 0) is 46.6 Å². The van der Waals surface area contributed by atoms with Crippen LogP contribution in [0.3, 0.4) is 0 Å². The molecule has 0 saturated carbocycles. The third-order valence-electron chi connectivity index (χ3n) is 2.87. The molecule has 1 nitrogen and oxygen atoms in total. The zero-order valence-corrected chi connectivity index (χ0v) is 11.6. The maximum atomic E-state index is 12.4. The van der Waals surface area contributed by atoms with Crippen molar-refractivity contribution in [1.29, 1.82) is 0 Å². The topological polar surface area (TPSA) is 17.1 Å². The molecule has 0 aliphatic carbocycles. The van der Waals surface area contributed by atoms with Crippen LogP contribution in [0.15, 0.2) is 45.7 Å². The lowest BCUT2D eigenvalue weighted by molar-refractivity contribution is 1.54. The van der Waals surface area contributed by atoms with Crippen LogP contribution in [0.1, 0.15) is 5.56 Å². The van der Waals surface area contributed by atoms with Gasteiger partial charge >= 0.3 is 0 Å². The zero-order valence-electron chi connectivity index (χ0n) is 9.16. The molecule has 3 heteroatoms. The summed E-state index contributed by atoms with van der Waals surface area (Å²) in [6.07, 6.45) is 0. The Balaban J connectivity index is 2.69. The third-order valence-corrected chi connectivity index (χ3v) is 4.84. The monoisotopic (exact) mass is 304 g/mol. The summed E-state index contributed by atoms with van der Waals surface area (Å²) in [5.74, 6) is 0. The molecule has 1 aromatic heterocycles. The molecule has 0 atom stereocenters. The standard InChI is InChI=1S/C14H9BrOS/c1-8-6-7-10(15)12-13(16)9-4-2-3-5-11(9)17-14(8)12/h2-7H,1H3. The average Bonchev–Trinajstić information content (AvgIpc) is 2.34. The third kappa shape index (κ3) is 1.61. The average molecular weight is 305 g/mol. The van der Waals surface area contributed by atoms with Gasteiger partial charge in [-0.2, -0.15) is 0 Å². The Morgan fingerprint density at radius 2 is 1.88 bits per heavy atom. The minimum atomic E-state index is 0.116. The van der Waals surface area contributed by atoms with E-state index in [9.17, 15) is 4.79 Å². The lowest BCUT2D eigenvalue weighted by atomic mass is 10.1. The first kappa shape index (κ1) is 10.9. The highest BCUT2D eigenvalue weighted by Gasteiger charge is 2.09. The van der Waals surface area contributed by atoms with Crippen LogP contribution in [-0.4, -0.2) is 0 Å². The normalized spacial score (nSPS) is 11.2. The summed E-state index contributed by atoms with van der Waals surface area (Å²) in [6.45, 7) is 2.04. The highest BCUT2D eigenvalue weighted by Crippen LogP contribution is 2.31. The van der Waals surface area contributed by atoms with Crippen molar-refractivity contribution in [2.75, 3.05) is 0 Å². The van der Waals surface area contributed by atoms with E-state index >= 15 is 0 Å². The Labute approximate surface area is 111 Å². The summed E-state index contributed by atoms with van der Waals surface area (Å²) in [7, 11) is 0. The van der Waals surface area contributed by atoms with Crippen LogP contribution in [0.5, 0.6) is 0 Å². The molecule has 0 fully saturated rings. The van der Waals surface area contributed by atoms with E-state index in [1.807, 2.05) is 43.3 Å². The fourth-order valence-electron chi connectivity index (χ4n) is 1.99. The molecule has 0 saturated heterocycles. The predicted molar refractivity (Wildman–Crippen MR) is 78.0 cm³/mol. The van der Waals surface area contributed by atoms with Crippen LogP contribution < -0.4 is 5.43 Å². The molecule has 0 bridgehead atoms. The van der Waals surface area contributed by atoms with Crippen LogP contribution in [0, 0.1) is 6.92 Å². The van der Waals surface area contributed by atoms with Gasteiger partial charge in [-0.15, -0.1) is 11.3 Å². The predicted octanol–water partition coefficient (Wildman–Crippen LogP) is 4.49. The summed E-state index contributed by atoms with van der Waals surface area (Å²) >= 11 is 5.15. The molecule has 0 aliphatic heterocycles. The first-order chi connectivity index (χ1) is 8.18. The zero-order chi connectivity index (χ0) is 12.0. The van der Waals surface area contributed by atoms with Crippen LogP contribution in [-0.2, 0) is 0 Å². The second-order valence-corrected chi connectivity index (χ2v) is 5.90. The van der Waals surface area contributed by atoms with Gasteiger partial charge in [0.1, 0.15) is 0 Å². The van der Waals surface area contributed by atoms with Crippen LogP contribution in [0.2, 0.25) is 0 Å². The Bertz CT molecular complexity index is 789. The van der Waals surface area contributed by atoms with Crippen molar-refractivity contribution in [3.05, 3.63) is 56.7 Å². The number of halogens is 1. The fourth-order valence-corrected chi connectivity index (χ4v) is 3.81. The molecular weight excluding hydrogens is 296 g/mol. The Kier molecular flexibility index (Phi) is 2.53. The van der Waals surface area contributed by atoms with Crippen molar-refractivity contribution in [2.45, 2.75) is 6.92 Å². The number of hydrogen-bond donors (Lipinski definition) is 0. The highest BCUT2D eigenvalue weighted by atomic mass is 79.9. The summed E-state index contributed by atoms with van der Waals surface area (Å²) in [6, 6.07) is 11.8. The van der Waals surface area contributed by atoms with E-state index in [4.69, 9.17) is 0 Å². The van der Waals surface area contributed by atoms with Crippen LogP contribution in [0.4, 0.5) is 0 Å². The van der Waals surface area contributed by atoms with Crippen LogP contribution >= 0.6 is 27.3 Å². The molecule has 0 radical (unpaired) electrons. The number of fused-ring (bicyclic) bond motifs is 2. The van der Waals surface area contributed by atoms with Gasteiger partial charge in [-0.3, -0.25) is 4.79 Å². The van der Waals surface area contributed by atoms with Crippen molar-refractivity contribution in [3.8, 4) is 0 Å². The Morgan fingerprint density at radius 1 is 1.12 bits per heavy atom. The van der Waals surface area contributed by atoms with Crippen LogP contribution in [0.25, 0.3) is 20.2 Å². The number of hydrogen-bond acceptors (Lipinski definition) is 2. The molecule has 0 N–H and O–H groups in total. The molecule has 1 heterocycles. The number of rotatable bonds is 0. The van der Waals surface area contributed by atoms with E-state index in [0.717, 1.165) is 30.2 Å². The van der Waals surface area contributed by atoms with E-state index in [-0.39, 0.29) is 5.43 Å². The second-order valence-electron chi connectivity index (χ2n) is 4.00. The van der Waals surface area contributed by atoms with E-state index in [1.165, 1.54) is 0 Å². The maximum absolute atomic E-state index is 12.4. The summed E-state index contributed by atoms with van der Waals surface area (Å²) < 4.78 is 3.00. The van der Waals surface area contributed by atoms with Gasteiger partial charge in [0.05, 0.1) is 5.39 Å². The summed E-state index contributed by atoms with van der Waals surface area (Å²) in [5.41, 5.74) is 1.26. The van der Waals surface area contributed by atoms with Gasteiger partial charge in [0.15, 0.2) is 5.43 Å². The molecule has 0 amide bonds. The minimum Gasteiger partial charge on any atom is -0.288 e. The van der Waals surface area contributed by atoms with Gasteiger partial charge in [-0.1, -0.05) is 18.2 Å². The fraction of sp³-hybridized carbons (Fsp3) is 0.0714. The van der Waals surface area contributed by atoms with E-state index in [2.05, 4.69) is 15.9 Å². The first-order valence-electron chi connectivity index (χ1n) is 5.29. The maximum Gasteiger partial charge on any atom is 0.197 e. The van der Waals surface area contributed by atoms with Crippen molar-refractivity contribution in [3.63, 3.8) is 0 Å². The Morgan fingerprint density at radius 3 is 2.71 bits per heavy atom. The number of benzene rings is 2. The molecule has 2 aromatic carbocycles. The quantitative estimate of drug-likeness (QED) is 0.559. The summed E-state index contributed by atoms with van der Waals surface area (Å²) in [5, 5.41) is 1.60. The lowest BCUT2D eigenvalue weighted by Gasteiger charge is -2.05. The Hall–Kier alpha value is -1.19. The smallest absolute Gasteiger partial charge is 0.197 e. The molecule has 0 aliphatic rings. The van der Waals surface area contributed by atoms with Crippen molar-refractivity contribution in [2.24, 2.45) is 0 Å². The highest BCUT2D eigenvalue weighted by molar-refractivity contribution is 9.10. The lowest BCUT2D eigenvalue weighted by Crippen LogP contribution is -2.02. The van der Waals surface area contributed by atoms with Crippen molar-refractivity contribution < 1.29 is 0 Å². The molecule has 0 spiro atoms. The van der Waals surface area contributed by atoms with Gasteiger partial charge in [0, 0.05) is 19.3 Å². The van der Waals surface area contributed by atoms with Gasteiger partial charge in [0.25, 0.3) is 0 Å². The van der Waals surface area contributed by atoms with E-state index in [1.54, 1.807) is 11.3 Å².